The number of nitrogens with one attached hydrogen (secondary N) is 1. The highest BCUT2D eigenvalue weighted by molar-refractivity contribution is 5.80. The van der Waals surface area contributed by atoms with Gasteiger partial charge in [0.15, 0.2) is 0 Å². The predicted molar refractivity (Wildman–Crippen MR) is 159 cm³/mol. The average Bonchev–Trinajstić information content (AvgIpc) is 3.29. The number of anilines is 2. The largest absolute Gasteiger partial charge is 0.506 e. The summed E-state index contributed by atoms with van der Waals surface area (Å²) in [4.78, 5) is 14.2. The van der Waals surface area contributed by atoms with Gasteiger partial charge in [0.2, 0.25) is 5.95 Å². The van der Waals surface area contributed by atoms with Gasteiger partial charge in [0.05, 0.1) is 37.4 Å². The summed E-state index contributed by atoms with van der Waals surface area (Å²) in [6.07, 6.45) is 0.995. The van der Waals surface area contributed by atoms with Crippen molar-refractivity contribution in [2.75, 3.05) is 62.8 Å². The van der Waals surface area contributed by atoms with Crippen LogP contribution >= 0.6 is 0 Å². The molecule has 1 saturated heterocycles. The van der Waals surface area contributed by atoms with Gasteiger partial charge in [-0.3, -0.25) is 9.88 Å². The van der Waals surface area contributed by atoms with Crippen LogP contribution in [0.4, 0.5) is 11.6 Å². The average molecular weight is 545 g/mol. The molecule has 212 valence electrons. The molecule has 1 aliphatic rings. The Labute approximate surface area is 236 Å². The quantitative estimate of drug-likeness (QED) is 0.231. The van der Waals surface area contributed by atoms with Crippen molar-refractivity contribution in [1.29, 1.82) is 0 Å². The molecule has 9 heteroatoms. The van der Waals surface area contributed by atoms with Gasteiger partial charge in [-0.2, -0.15) is 0 Å². The van der Waals surface area contributed by atoms with Gasteiger partial charge in [-0.1, -0.05) is 18.2 Å². The second-order valence-corrected chi connectivity index (χ2v) is 10.5. The summed E-state index contributed by atoms with van der Waals surface area (Å²) in [7, 11) is 0. The molecule has 0 bridgehead atoms. The minimum atomic E-state index is 0.0743. The fourth-order valence-corrected chi connectivity index (χ4v) is 5.22. The highest BCUT2D eigenvalue weighted by Gasteiger charge is 2.16. The van der Waals surface area contributed by atoms with Gasteiger partial charge in [-0.25, -0.2) is 4.98 Å². The molecule has 4 aromatic rings. The predicted octanol–water partition coefficient (Wildman–Crippen LogP) is 3.94. The van der Waals surface area contributed by atoms with E-state index >= 15 is 0 Å². The van der Waals surface area contributed by atoms with Crippen molar-refractivity contribution in [3.63, 3.8) is 0 Å². The van der Waals surface area contributed by atoms with E-state index in [4.69, 9.17) is 9.72 Å². The molecule has 0 atom stereocenters. The van der Waals surface area contributed by atoms with E-state index in [0.29, 0.717) is 25.3 Å². The van der Waals surface area contributed by atoms with Gasteiger partial charge in [0.1, 0.15) is 11.4 Å². The second kappa shape index (κ2) is 13.1. The number of nitrogens with zero attached hydrogens (tertiary/aromatic N) is 5. The van der Waals surface area contributed by atoms with Crippen LogP contribution < -0.4 is 10.2 Å². The molecule has 2 aromatic carbocycles. The van der Waals surface area contributed by atoms with Gasteiger partial charge >= 0.3 is 0 Å². The lowest BCUT2D eigenvalue weighted by atomic mass is 10.1. The molecule has 1 aliphatic heterocycles. The maximum Gasteiger partial charge on any atom is 0.204 e. The summed E-state index contributed by atoms with van der Waals surface area (Å²) in [5.74, 6) is 0.943. The van der Waals surface area contributed by atoms with E-state index < -0.39 is 0 Å². The molecule has 3 N–H and O–H groups in total. The number of rotatable bonds is 12. The van der Waals surface area contributed by atoms with E-state index in [2.05, 4.69) is 68.0 Å². The number of aliphatic hydroxyl groups is 1. The van der Waals surface area contributed by atoms with Crippen molar-refractivity contribution >= 4 is 22.7 Å². The van der Waals surface area contributed by atoms with Crippen LogP contribution in [0.5, 0.6) is 5.75 Å². The summed E-state index contributed by atoms with van der Waals surface area (Å²) < 4.78 is 7.57. The third-order valence-electron chi connectivity index (χ3n) is 7.36. The Balaban J connectivity index is 1.41. The van der Waals surface area contributed by atoms with E-state index in [1.54, 1.807) is 6.07 Å². The van der Waals surface area contributed by atoms with Crippen molar-refractivity contribution in [2.24, 2.45) is 0 Å². The van der Waals surface area contributed by atoms with Crippen molar-refractivity contribution in [2.45, 2.75) is 33.4 Å². The molecule has 9 nitrogen and oxygen atoms in total. The lowest BCUT2D eigenvalue weighted by molar-refractivity contribution is 0.0378. The zero-order chi connectivity index (χ0) is 27.9. The van der Waals surface area contributed by atoms with Crippen LogP contribution in [0.25, 0.3) is 11.0 Å². The number of aromatic nitrogens is 3. The summed E-state index contributed by atoms with van der Waals surface area (Å²) in [5.41, 5.74) is 6.71. The van der Waals surface area contributed by atoms with Gasteiger partial charge in [-0.05, 0) is 74.3 Å². The second-order valence-electron chi connectivity index (χ2n) is 10.5. The molecule has 0 unspecified atom stereocenters. The molecule has 0 spiro atoms. The first-order chi connectivity index (χ1) is 19.5. The topological polar surface area (TPSA) is 98.9 Å². The Morgan fingerprint density at radius 3 is 2.67 bits per heavy atom. The Kier molecular flexibility index (Phi) is 9.15. The molecule has 2 aromatic heterocycles. The minimum Gasteiger partial charge on any atom is -0.506 e. The maximum atomic E-state index is 10.6. The number of aromatic hydroxyl groups is 1. The summed E-state index contributed by atoms with van der Waals surface area (Å²) in [5, 5.41) is 23.9. The van der Waals surface area contributed by atoms with Crippen molar-refractivity contribution in [1.82, 2.24) is 19.4 Å². The molecular weight excluding hydrogens is 504 g/mol. The molecule has 0 amide bonds. The number of morpholine rings is 1. The molecule has 3 heterocycles. The summed E-state index contributed by atoms with van der Waals surface area (Å²) in [6.45, 7) is 11.1. The molecule has 5 rings (SSSR count). The van der Waals surface area contributed by atoms with Gasteiger partial charge in [-0.15, -0.1) is 0 Å². The lowest BCUT2D eigenvalue weighted by Gasteiger charge is -2.26. The van der Waals surface area contributed by atoms with Crippen LogP contribution in [0.15, 0.2) is 54.6 Å². The van der Waals surface area contributed by atoms with Crippen molar-refractivity contribution < 1.29 is 14.9 Å². The molecule has 0 saturated carbocycles. The number of ether oxygens (including phenoxy) is 1. The van der Waals surface area contributed by atoms with E-state index in [9.17, 15) is 10.2 Å². The molecule has 40 heavy (non-hydrogen) atoms. The smallest absolute Gasteiger partial charge is 0.204 e. The molecular formula is C31H40N6O3. The highest BCUT2D eigenvalue weighted by atomic mass is 16.5. The number of benzene rings is 2. The first-order valence-electron chi connectivity index (χ1n) is 14.1. The monoisotopic (exact) mass is 544 g/mol. The van der Waals surface area contributed by atoms with Crippen LogP contribution in [0.2, 0.25) is 0 Å². The normalized spacial score (nSPS) is 14.1. The number of aliphatic hydroxyl groups excluding tert-OH is 1. The summed E-state index contributed by atoms with van der Waals surface area (Å²) in [6, 6.07) is 18.2. The van der Waals surface area contributed by atoms with Crippen LogP contribution in [-0.4, -0.2) is 82.2 Å². The number of aryl methyl sites for hydroxylation is 2. The Bertz CT molecular complexity index is 1420. The fourth-order valence-electron chi connectivity index (χ4n) is 5.22. The van der Waals surface area contributed by atoms with Crippen LogP contribution in [0, 0.1) is 13.8 Å². The van der Waals surface area contributed by atoms with Crippen LogP contribution in [-0.2, 0) is 17.8 Å². The zero-order valence-electron chi connectivity index (χ0n) is 23.5. The number of fused-ring (bicyclic) bond motifs is 1. The van der Waals surface area contributed by atoms with E-state index in [-0.39, 0.29) is 12.4 Å². The Hall–Kier alpha value is -3.66. The van der Waals surface area contributed by atoms with Gasteiger partial charge in [0, 0.05) is 44.1 Å². The number of pyridine rings is 1. The van der Waals surface area contributed by atoms with Crippen molar-refractivity contribution in [3.8, 4) is 5.75 Å². The van der Waals surface area contributed by atoms with Gasteiger partial charge in [0.25, 0.3) is 0 Å². The Morgan fingerprint density at radius 2 is 1.88 bits per heavy atom. The summed E-state index contributed by atoms with van der Waals surface area (Å²) >= 11 is 0. The van der Waals surface area contributed by atoms with E-state index in [0.717, 1.165) is 79.7 Å². The third kappa shape index (κ3) is 6.91. The van der Waals surface area contributed by atoms with E-state index in [1.165, 1.54) is 5.56 Å². The van der Waals surface area contributed by atoms with E-state index in [1.807, 2.05) is 19.1 Å². The van der Waals surface area contributed by atoms with Crippen LogP contribution in [0.1, 0.15) is 28.9 Å². The van der Waals surface area contributed by atoms with Crippen molar-refractivity contribution in [3.05, 3.63) is 77.1 Å². The van der Waals surface area contributed by atoms with Crippen LogP contribution in [0.3, 0.4) is 0 Å². The first kappa shape index (κ1) is 27.9. The third-order valence-corrected chi connectivity index (χ3v) is 7.36. The maximum absolute atomic E-state index is 10.6. The molecule has 0 aliphatic carbocycles. The number of imidazole rings is 1. The molecule has 0 radical (unpaired) electrons. The lowest BCUT2D eigenvalue weighted by Crippen LogP contribution is -2.37. The SMILES string of the molecule is Cc1cccc(N(CCO)Cc2ccc3nc(NCCCN4CCOCC4)n(Cc4nc(C)ccc4O)c3c2)c1. The minimum absolute atomic E-state index is 0.0743. The molecule has 1 fully saturated rings. The standard InChI is InChI=1S/C31H40N6O3/c1-23-5-3-6-26(19-23)36(13-16-38)21-25-8-9-27-29(20-25)37(22-28-30(39)10-7-24(2)33-28)31(34-27)32-11-4-12-35-14-17-40-18-15-35/h3,5-10,19-20,38-39H,4,11-18,21-22H2,1-2H3,(H,32,34). The Morgan fingerprint density at radius 1 is 1.02 bits per heavy atom. The fraction of sp³-hybridized carbons (Fsp3) is 0.419. The highest BCUT2D eigenvalue weighted by Crippen LogP contribution is 2.26. The zero-order valence-corrected chi connectivity index (χ0v) is 23.5. The number of hydrogen-bond donors (Lipinski definition) is 3. The van der Waals surface area contributed by atoms with Gasteiger partial charge < -0.3 is 29.7 Å². The first-order valence-corrected chi connectivity index (χ1v) is 14.1. The number of hydrogen-bond acceptors (Lipinski definition) is 8.